The number of furan rings is 1. The maximum absolute atomic E-state index is 7.00. The molecular weight excluding hydrogens is 649 g/mol. The highest BCUT2D eigenvalue weighted by Crippen LogP contribution is 2.61. The summed E-state index contributed by atoms with van der Waals surface area (Å²) < 4.78 is 18.2. The van der Waals surface area contributed by atoms with Crippen LogP contribution in [0.2, 0.25) is 0 Å². The van der Waals surface area contributed by atoms with E-state index < -0.39 is 5.41 Å². The Morgan fingerprint density at radius 3 is 1.92 bits per heavy atom. The Labute approximate surface area is 303 Å². The highest BCUT2D eigenvalue weighted by molar-refractivity contribution is 6.14. The lowest BCUT2D eigenvalue weighted by molar-refractivity contribution is 0.435. The number of rotatable bonds is 1. The van der Waals surface area contributed by atoms with Crippen LogP contribution in [0, 0.1) is 0 Å². The van der Waals surface area contributed by atoms with Crippen molar-refractivity contribution in [2.24, 2.45) is 0 Å². The van der Waals surface area contributed by atoms with Crippen molar-refractivity contribution < 1.29 is 9.15 Å². The minimum atomic E-state index is -0.648. The van der Waals surface area contributed by atoms with Gasteiger partial charge in [-0.05, 0) is 71.8 Å². The van der Waals surface area contributed by atoms with E-state index in [4.69, 9.17) is 9.15 Å². The zero-order valence-corrected chi connectivity index (χ0v) is 28.4. The average molecular weight is 677 g/mol. The molecule has 11 aromatic rings. The molecule has 5 heterocycles. The Bertz CT molecular complexity index is 3400. The van der Waals surface area contributed by atoms with E-state index in [0.717, 1.165) is 66.7 Å². The van der Waals surface area contributed by atoms with Crippen LogP contribution < -0.4 is 4.74 Å². The lowest BCUT2D eigenvalue weighted by Crippen LogP contribution is -2.37. The molecule has 3 aromatic heterocycles. The second kappa shape index (κ2) is 9.64. The van der Waals surface area contributed by atoms with E-state index in [1.54, 1.807) is 0 Å². The zero-order chi connectivity index (χ0) is 34.4. The first-order chi connectivity index (χ1) is 26.3. The summed E-state index contributed by atoms with van der Waals surface area (Å²) in [6.07, 6.45) is 0. The fourth-order valence-electron chi connectivity index (χ4n) is 9.92. The molecule has 0 saturated carbocycles. The monoisotopic (exact) mass is 676 g/mol. The number of nitrogens with zero attached hydrogens (tertiary/aromatic N) is 2. The molecule has 4 nitrogen and oxygen atoms in total. The fourth-order valence-corrected chi connectivity index (χ4v) is 9.92. The van der Waals surface area contributed by atoms with Crippen molar-refractivity contribution in [3.8, 4) is 22.9 Å². The molecule has 4 heteroatoms. The molecule has 0 amide bonds. The van der Waals surface area contributed by atoms with Crippen LogP contribution in [0.4, 0.5) is 0 Å². The predicted octanol–water partition coefficient (Wildman–Crippen LogP) is 12.6. The average Bonchev–Trinajstić information content (AvgIpc) is 3.87. The number of fused-ring (bicyclic) bond motifs is 17. The molecule has 13 rings (SSSR count). The number of para-hydroxylation sites is 6. The molecule has 53 heavy (non-hydrogen) atoms. The number of hydrogen-bond donors (Lipinski definition) is 0. The van der Waals surface area contributed by atoms with Crippen LogP contribution in [0.25, 0.3) is 76.9 Å². The first kappa shape index (κ1) is 27.7. The molecule has 0 bridgehead atoms. The number of aromatic nitrogens is 2. The van der Waals surface area contributed by atoms with Crippen molar-refractivity contribution in [1.82, 2.24) is 9.13 Å². The van der Waals surface area contributed by atoms with Gasteiger partial charge in [-0.25, -0.2) is 0 Å². The maximum Gasteiger partial charge on any atom is 0.135 e. The van der Waals surface area contributed by atoms with E-state index in [0.29, 0.717) is 0 Å². The Balaban J connectivity index is 1.21. The molecule has 0 N–H and O–H groups in total. The van der Waals surface area contributed by atoms with E-state index in [9.17, 15) is 0 Å². The second-order valence-electron chi connectivity index (χ2n) is 14.4. The second-order valence-corrected chi connectivity index (χ2v) is 14.4. The first-order valence-electron chi connectivity index (χ1n) is 18.2. The first-order valence-corrected chi connectivity index (χ1v) is 18.2. The van der Waals surface area contributed by atoms with Gasteiger partial charge in [0.1, 0.15) is 22.7 Å². The normalized spacial score (nSPS) is 15.8. The smallest absolute Gasteiger partial charge is 0.135 e. The van der Waals surface area contributed by atoms with Crippen molar-refractivity contribution >= 4 is 65.6 Å². The van der Waals surface area contributed by atoms with E-state index in [2.05, 4.69) is 167 Å². The summed E-state index contributed by atoms with van der Waals surface area (Å²) in [5.74, 6) is 1.77. The minimum Gasteiger partial charge on any atom is -0.457 e. The third-order valence-electron chi connectivity index (χ3n) is 12.0. The van der Waals surface area contributed by atoms with Gasteiger partial charge in [-0.1, -0.05) is 109 Å². The van der Waals surface area contributed by atoms with Gasteiger partial charge in [0.2, 0.25) is 0 Å². The van der Waals surface area contributed by atoms with Gasteiger partial charge in [0.25, 0.3) is 0 Å². The van der Waals surface area contributed by atoms with Crippen LogP contribution in [0.1, 0.15) is 22.3 Å². The van der Waals surface area contributed by atoms with E-state index in [1.807, 2.05) is 12.1 Å². The maximum atomic E-state index is 7.00. The van der Waals surface area contributed by atoms with E-state index in [1.165, 1.54) is 44.0 Å². The number of benzene rings is 8. The molecule has 0 aliphatic carbocycles. The van der Waals surface area contributed by atoms with Gasteiger partial charge in [-0.15, -0.1) is 0 Å². The molecule has 8 aromatic carbocycles. The summed E-state index contributed by atoms with van der Waals surface area (Å²) in [6, 6.07) is 61.6. The van der Waals surface area contributed by atoms with Gasteiger partial charge in [0.05, 0.1) is 33.2 Å². The molecule has 0 saturated heterocycles. The van der Waals surface area contributed by atoms with Gasteiger partial charge < -0.3 is 18.3 Å². The summed E-state index contributed by atoms with van der Waals surface area (Å²) in [4.78, 5) is 0. The molecule has 1 spiro atoms. The zero-order valence-electron chi connectivity index (χ0n) is 28.4. The van der Waals surface area contributed by atoms with Crippen molar-refractivity contribution in [2.75, 3.05) is 0 Å². The van der Waals surface area contributed by atoms with E-state index >= 15 is 0 Å². The van der Waals surface area contributed by atoms with Crippen LogP contribution in [-0.2, 0) is 5.41 Å². The van der Waals surface area contributed by atoms with Crippen LogP contribution in [0.15, 0.2) is 174 Å². The molecule has 2 aliphatic rings. The lowest BCUT2D eigenvalue weighted by Gasteiger charge is -2.45. The highest BCUT2D eigenvalue weighted by atomic mass is 16.5. The van der Waals surface area contributed by atoms with Crippen LogP contribution in [0.5, 0.6) is 11.5 Å². The van der Waals surface area contributed by atoms with Crippen molar-refractivity contribution in [2.45, 2.75) is 5.41 Å². The summed E-state index contributed by atoms with van der Waals surface area (Å²) in [5, 5.41) is 7.08. The third kappa shape index (κ3) is 3.28. The molecule has 1 atom stereocenters. The largest absolute Gasteiger partial charge is 0.457 e. The van der Waals surface area contributed by atoms with Crippen molar-refractivity contribution in [3.05, 3.63) is 192 Å². The van der Waals surface area contributed by atoms with Gasteiger partial charge in [-0.2, -0.15) is 0 Å². The van der Waals surface area contributed by atoms with Gasteiger partial charge in [0, 0.05) is 49.1 Å². The number of hydrogen-bond acceptors (Lipinski definition) is 2. The van der Waals surface area contributed by atoms with Crippen LogP contribution in [-0.4, -0.2) is 9.13 Å². The molecule has 0 radical (unpaired) electrons. The van der Waals surface area contributed by atoms with Crippen molar-refractivity contribution in [1.29, 1.82) is 0 Å². The van der Waals surface area contributed by atoms with Gasteiger partial charge in [-0.3, -0.25) is 0 Å². The molecule has 2 aliphatic heterocycles. The van der Waals surface area contributed by atoms with E-state index in [-0.39, 0.29) is 0 Å². The van der Waals surface area contributed by atoms with Crippen LogP contribution >= 0.6 is 0 Å². The summed E-state index contributed by atoms with van der Waals surface area (Å²) in [6.45, 7) is 0. The van der Waals surface area contributed by atoms with Crippen molar-refractivity contribution in [3.63, 3.8) is 0 Å². The van der Waals surface area contributed by atoms with Gasteiger partial charge in [0.15, 0.2) is 0 Å². The van der Waals surface area contributed by atoms with Gasteiger partial charge >= 0.3 is 0 Å². The summed E-state index contributed by atoms with van der Waals surface area (Å²) >= 11 is 0. The standard InChI is InChI=1S/C49H28N2O2/c1-7-20-41-30(12-1)33-15-11-18-38-48(33)51(41)42-21-8-4-16-36(42)49(38)37-17-5-10-23-46(37)53-47-27-34-31-13-2-6-19-40(31)50(43(34)28-39(47)49)29-24-25-45-35(26-29)32-14-3-9-22-44(32)52-45/h1-28H. The Morgan fingerprint density at radius 1 is 0.377 bits per heavy atom. The summed E-state index contributed by atoms with van der Waals surface area (Å²) in [5.41, 5.74) is 13.0. The molecule has 0 fully saturated rings. The molecule has 1 unspecified atom stereocenters. The lowest BCUT2D eigenvalue weighted by atomic mass is 9.61. The number of ether oxygens (including phenoxy) is 1. The quantitative estimate of drug-likeness (QED) is 0.173. The predicted molar refractivity (Wildman–Crippen MR) is 214 cm³/mol. The third-order valence-corrected chi connectivity index (χ3v) is 12.0. The Morgan fingerprint density at radius 2 is 1.04 bits per heavy atom. The molecule has 246 valence electrons. The minimum absolute atomic E-state index is 0.648. The Hall–Kier alpha value is -7.04. The highest BCUT2D eigenvalue weighted by Gasteiger charge is 2.50. The van der Waals surface area contributed by atoms with Crippen LogP contribution in [0.3, 0.4) is 0 Å². The SMILES string of the molecule is c1ccc2c(c1)Oc1cc3c4ccccc4n(-c4ccc5oc6ccccc6c5c4)c3cc1C21c2ccccc2-n2c3ccccc3c3cccc1c32. The Kier molecular flexibility index (Phi) is 5.03. The summed E-state index contributed by atoms with van der Waals surface area (Å²) in [7, 11) is 0. The topological polar surface area (TPSA) is 32.2 Å². The fraction of sp³-hybridized carbons (Fsp3) is 0.0204. The molecular formula is C49H28N2O2.